The van der Waals surface area contributed by atoms with Crippen LogP contribution < -0.4 is 5.32 Å². The van der Waals surface area contributed by atoms with Crippen molar-refractivity contribution in [3.63, 3.8) is 0 Å². The van der Waals surface area contributed by atoms with Crippen molar-refractivity contribution in [2.45, 2.75) is 38.3 Å². The Morgan fingerprint density at radius 3 is 2.63 bits per heavy atom. The Morgan fingerprint density at radius 2 is 2.05 bits per heavy atom. The molecule has 19 heavy (non-hydrogen) atoms. The van der Waals surface area contributed by atoms with Crippen LogP contribution in [-0.4, -0.2) is 74.7 Å². The second-order valence-corrected chi connectivity index (χ2v) is 5.82. The van der Waals surface area contributed by atoms with Crippen LogP contribution in [0.5, 0.6) is 0 Å². The highest BCUT2D eigenvalue weighted by Gasteiger charge is 2.35. The molecule has 0 radical (unpaired) electrons. The second-order valence-electron chi connectivity index (χ2n) is 5.82. The normalized spacial score (nSPS) is 23.4. The topological polar surface area (TPSA) is 44.8 Å². The lowest BCUT2D eigenvalue weighted by molar-refractivity contribution is -0.148. The van der Waals surface area contributed by atoms with Gasteiger partial charge in [0.25, 0.3) is 0 Å². The smallest absolute Gasteiger partial charge is 0.325 e. The molecular formula is C14H29N3O2. The number of methoxy groups -OCH3 is 1. The molecular weight excluding hydrogens is 242 g/mol. The Morgan fingerprint density at radius 1 is 1.37 bits per heavy atom. The van der Waals surface area contributed by atoms with Crippen LogP contribution in [0.1, 0.15) is 26.7 Å². The summed E-state index contributed by atoms with van der Waals surface area (Å²) in [5.41, 5.74) is -0.605. The zero-order valence-electron chi connectivity index (χ0n) is 13.0. The van der Waals surface area contributed by atoms with Gasteiger partial charge in [-0.25, -0.2) is 0 Å². The summed E-state index contributed by atoms with van der Waals surface area (Å²) in [7, 11) is 5.43. The van der Waals surface area contributed by atoms with E-state index in [2.05, 4.69) is 29.1 Å². The number of rotatable bonds is 5. The Hall–Kier alpha value is -0.650. The number of ether oxygens (including phenoxy) is 1. The summed E-state index contributed by atoms with van der Waals surface area (Å²) >= 11 is 0. The molecule has 112 valence electrons. The van der Waals surface area contributed by atoms with Gasteiger partial charge in [-0.2, -0.15) is 0 Å². The molecule has 2 unspecified atom stereocenters. The molecule has 0 saturated carbocycles. The Balaban J connectivity index is 2.61. The molecule has 1 heterocycles. The summed E-state index contributed by atoms with van der Waals surface area (Å²) in [4.78, 5) is 16.7. The van der Waals surface area contributed by atoms with Crippen molar-refractivity contribution in [3.05, 3.63) is 0 Å². The monoisotopic (exact) mass is 271 g/mol. The van der Waals surface area contributed by atoms with Gasteiger partial charge in [0.1, 0.15) is 5.54 Å². The molecule has 1 saturated heterocycles. The first-order valence-corrected chi connectivity index (χ1v) is 7.13. The van der Waals surface area contributed by atoms with E-state index in [9.17, 15) is 4.79 Å². The van der Waals surface area contributed by atoms with Gasteiger partial charge in [-0.3, -0.25) is 9.69 Å². The fourth-order valence-electron chi connectivity index (χ4n) is 2.74. The summed E-state index contributed by atoms with van der Waals surface area (Å²) in [6, 6.07) is 0.364. The van der Waals surface area contributed by atoms with Crippen molar-refractivity contribution < 1.29 is 9.53 Å². The maximum atomic E-state index is 11.9. The van der Waals surface area contributed by atoms with Crippen LogP contribution in [0.4, 0.5) is 0 Å². The van der Waals surface area contributed by atoms with Crippen molar-refractivity contribution in [3.8, 4) is 0 Å². The van der Waals surface area contributed by atoms with Gasteiger partial charge in [0.15, 0.2) is 0 Å². The first-order chi connectivity index (χ1) is 8.92. The van der Waals surface area contributed by atoms with Gasteiger partial charge in [-0.05, 0) is 53.9 Å². The van der Waals surface area contributed by atoms with Gasteiger partial charge in [0.05, 0.1) is 7.11 Å². The third kappa shape index (κ3) is 4.44. The van der Waals surface area contributed by atoms with Crippen LogP contribution in [0.15, 0.2) is 0 Å². The zero-order chi connectivity index (χ0) is 14.5. The number of carbonyl (C=O) groups is 1. The Bertz CT molecular complexity index is 298. The van der Waals surface area contributed by atoms with Gasteiger partial charge < -0.3 is 15.0 Å². The minimum absolute atomic E-state index is 0.186. The molecule has 5 nitrogen and oxygen atoms in total. The lowest BCUT2D eigenvalue weighted by atomic mass is 9.93. The van der Waals surface area contributed by atoms with Crippen LogP contribution in [0.3, 0.4) is 0 Å². The first-order valence-electron chi connectivity index (χ1n) is 7.13. The predicted octanol–water partition coefficient (Wildman–Crippen LogP) is 0.554. The van der Waals surface area contributed by atoms with Crippen LogP contribution in [-0.2, 0) is 9.53 Å². The van der Waals surface area contributed by atoms with E-state index in [4.69, 9.17) is 4.74 Å². The van der Waals surface area contributed by atoms with Crippen molar-refractivity contribution in [2.75, 3.05) is 47.4 Å². The minimum atomic E-state index is -0.605. The highest BCUT2D eigenvalue weighted by Crippen LogP contribution is 2.18. The molecule has 0 aromatic heterocycles. The van der Waals surface area contributed by atoms with Gasteiger partial charge in [0.2, 0.25) is 0 Å². The van der Waals surface area contributed by atoms with Gasteiger partial charge in [-0.1, -0.05) is 0 Å². The third-order valence-electron chi connectivity index (χ3n) is 4.27. The van der Waals surface area contributed by atoms with Crippen LogP contribution in [0.2, 0.25) is 0 Å². The number of likely N-dealkylation sites (N-methyl/N-ethyl adjacent to an activating group) is 2. The molecule has 0 aliphatic carbocycles. The van der Waals surface area contributed by atoms with E-state index in [0.717, 1.165) is 32.6 Å². The van der Waals surface area contributed by atoms with Gasteiger partial charge in [0, 0.05) is 19.1 Å². The Kier molecular flexibility index (Phi) is 6.23. The fourth-order valence-corrected chi connectivity index (χ4v) is 2.74. The summed E-state index contributed by atoms with van der Waals surface area (Å²) < 4.78 is 4.91. The quantitative estimate of drug-likeness (QED) is 0.740. The molecule has 2 atom stereocenters. The summed E-state index contributed by atoms with van der Waals surface area (Å²) in [5, 5.41) is 3.11. The number of esters is 1. The molecule has 5 heteroatoms. The van der Waals surface area contributed by atoms with E-state index in [1.54, 1.807) is 0 Å². The molecule has 0 aromatic rings. The van der Waals surface area contributed by atoms with Crippen LogP contribution >= 0.6 is 0 Å². The number of hydrogen-bond acceptors (Lipinski definition) is 5. The first kappa shape index (κ1) is 16.4. The minimum Gasteiger partial charge on any atom is -0.468 e. The SMILES string of the molecule is CNC(C)(CC(C)N1CCCN(C)CC1)C(=O)OC. The van der Waals surface area contributed by atoms with E-state index in [1.807, 2.05) is 14.0 Å². The van der Waals surface area contributed by atoms with E-state index < -0.39 is 5.54 Å². The molecule has 0 amide bonds. The van der Waals surface area contributed by atoms with Gasteiger partial charge in [-0.15, -0.1) is 0 Å². The standard InChI is InChI=1S/C14H29N3O2/c1-12(11-14(2,15-3)13(18)19-5)17-8-6-7-16(4)9-10-17/h12,15H,6-11H2,1-5H3. The molecule has 0 bridgehead atoms. The van der Waals surface area contributed by atoms with Gasteiger partial charge >= 0.3 is 5.97 Å². The predicted molar refractivity (Wildman–Crippen MR) is 77.2 cm³/mol. The lowest BCUT2D eigenvalue weighted by Gasteiger charge is -2.34. The Labute approximate surface area is 117 Å². The molecule has 1 aliphatic rings. The van der Waals surface area contributed by atoms with Crippen molar-refractivity contribution in [1.29, 1.82) is 0 Å². The molecule has 1 rings (SSSR count). The maximum absolute atomic E-state index is 11.9. The largest absolute Gasteiger partial charge is 0.468 e. The average Bonchev–Trinajstić information content (AvgIpc) is 2.62. The summed E-state index contributed by atoms with van der Waals surface area (Å²) in [6.45, 7) is 8.54. The fraction of sp³-hybridized carbons (Fsp3) is 0.929. The number of hydrogen-bond donors (Lipinski definition) is 1. The molecule has 0 aromatic carbocycles. The van der Waals surface area contributed by atoms with E-state index in [1.165, 1.54) is 13.5 Å². The number of nitrogens with one attached hydrogen (secondary N) is 1. The second kappa shape index (κ2) is 7.22. The maximum Gasteiger partial charge on any atom is 0.325 e. The molecule has 0 spiro atoms. The highest BCUT2D eigenvalue weighted by atomic mass is 16.5. The molecule has 1 fully saturated rings. The van der Waals surface area contributed by atoms with Crippen LogP contribution in [0, 0.1) is 0 Å². The number of nitrogens with zero attached hydrogens (tertiary/aromatic N) is 2. The average molecular weight is 271 g/mol. The number of carbonyl (C=O) groups excluding carboxylic acids is 1. The van der Waals surface area contributed by atoms with E-state index in [-0.39, 0.29) is 5.97 Å². The summed E-state index contributed by atoms with van der Waals surface area (Å²) in [6.07, 6.45) is 1.95. The zero-order valence-corrected chi connectivity index (χ0v) is 13.0. The van der Waals surface area contributed by atoms with Crippen molar-refractivity contribution in [2.24, 2.45) is 0 Å². The van der Waals surface area contributed by atoms with E-state index >= 15 is 0 Å². The summed E-state index contributed by atoms with van der Waals surface area (Å²) in [5.74, 6) is -0.186. The molecule has 1 aliphatic heterocycles. The van der Waals surface area contributed by atoms with Crippen LogP contribution in [0.25, 0.3) is 0 Å². The highest BCUT2D eigenvalue weighted by molar-refractivity contribution is 5.80. The lowest BCUT2D eigenvalue weighted by Crippen LogP contribution is -2.53. The molecule has 1 N–H and O–H groups in total. The van der Waals surface area contributed by atoms with Crippen molar-refractivity contribution >= 4 is 5.97 Å². The van der Waals surface area contributed by atoms with Crippen molar-refractivity contribution in [1.82, 2.24) is 15.1 Å². The van der Waals surface area contributed by atoms with E-state index in [0.29, 0.717) is 6.04 Å². The third-order valence-corrected chi connectivity index (χ3v) is 4.27.